The lowest BCUT2D eigenvalue weighted by molar-refractivity contribution is -0.123. The number of nitrogens with one attached hydrogen (secondary N) is 3. The van der Waals surface area contributed by atoms with Crippen molar-refractivity contribution in [1.82, 2.24) is 5.32 Å². The van der Waals surface area contributed by atoms with Crippen LogP contribution in [0.1, 0.15) is 41.5 Å². The first-order chi connectivity index (χ1) is 9.97. The van der Waals surface area contributed by atoms with Crippen molar-refractivity contribution in [2.45, 2.75) is 47.1 Å². The molecule has 1 aromatic rings. The minimum absolute atomic E-state index is 0.0645. The predicted molar refractivity (Wildman–Crippen MR) is 90.9 cm³/mol. The van der Waals surface area contributed by atoms with Crippen LogP contribution in [0.5, 0.6) is 0 Å². The normalized spacial score (nSPS) is 11.9. The molecular weight excluding hydrogens is 278 g/mol. The zero-order valence-electron chi connectivity index (χ0n) is 14.3. The molecule has 5 heteroatoms. The molecule has 22 heavy (non-hydrogen) atoms. The summed E-state index contributed by atoms with van der Waals surface area (Å²) in [5.41, 5.74) is 0.754. The van der Waals surface area contributed by atoms with Crippen LogP contribution in [0.25, 0.3) is 0 Å². The molecule has 5 nitrogen and oxygen atoms in total. The second-order valence-electron chi connectivity index (χ2n) is 7.44. The van der Waals surface area contributed by atoms with E-state index in [0.717, 1.165) is 0 Å². The molecule has 0 unspecified atom stereocenters. The van der Waals surface area contributed by atoms with Gasteiger partial charge < -0.3 is 16.0 Å². The number of hydrogen-bond donors (Lipinski definition) is 3. The third kappa shape index (κ3) is 6.72. The Hall–Kier alpha value is -1.88. The molecule has 0 fully saturated rings. The smallest absolute Gasteiger partial charge is 0.238 e. The first-order valence-electron chi connectivity index (χ1n) is 7.44. The van der Waals surface area contributed by atoms with Crippen LogP contribution in [-0.2, 0) is 9.59 Å². The fraction of sp³-hybridized carbons (Fsp3) is 0.529. The number of hydrogen-bond acceptors (Lipinski definition) is 3. The van der Waals surface area contributed by atoms with Crippen molar-refractivity contribution in [3.8, 4) is 0 Å². The van der Waals surface area contributed by atoms with E-state index in [9.17, 15) is 9.59 Å². The van der Waals surface area contributed by atoms with Crippen molar-refractivity contribution >= 4 is 23.2 Å². The van der Waals surface area contributed by atoms with E-state index in [2.05, 4.69) is 16.0 Å². The Morgan fingerprint density at radius 1 is 0.955 bits per heavy atom. The molecular formula is C17H27N3O2. The van der Waals surface area contributed by atoms with Crippen molar-refractivity contribution in [1.29, 1.82) is 0 Å². The fourth-order valence-electron chi connectivity index (χ4n) is 1.54. The van der Waals surface area contributed by atoms with Crippen molar-refractivity contribution in [3.05, 3.63) is 24.3 Å². The van der Waals surface area contributed by atoms with Gasteiger partial charge in [-0.25, -0.2) is 0 Å². The lowest BCUT2D eigenvalue weighted by Crippen LogP contribution is -2.41. The number of carbonyl (C=O) groups excluding carboxylic acids is 2. The van der Waals surface area contributed by atoms with Crippen molar-refractivity contribution in [2.75, 3.05) is 17.2 Å². The molecule has 0 saturated carbocycles. The maximum absolute atomic E-state index is 12.0. The zero-order chi connectivity index (χ0) is 17.0. The molecule has 0 heterocycles. The fourth-order valence-corrected chi connectivity index (χ4v) is 1.54. The average Bonchev–Trinajstić information content (AvgIpc) is 2.35. The Morgan fingerprint density at radius 2 is 1.50 bits per heavy atom. The monoisotopic (exact) mass is 305 g/mol. The van der Waals surface area contributed by atoms with Gasteiger partial charge in [0.1, 0.15) is 0 Å². The van der Waals surface area contributed by atoms with Crippen LogP contribution in [0, 0.1) is 5.41 Å². The number of amides is 2. The summed E-state index contributed by atoms with van der Waals surface area (Å²) in [6.07, 6.45) is 0. The van der Waals surface area contributed by atoms with Gasteiger partial charge in [0.25, 0.3) is 0 Å². The van der Waals surface area contributed by atoms with E-state index in [1.807, 2.05) is 41.5 Å². The second kappa shape index (κ2) is 6.92. The van der Waals surface area contributed by atoms with Crippen LogP contribution < -0.4 is 16.0 Å². The highest BCUT2D eigenvalue weighted by Crippen LogP contribution is 2.19. The number of benzene rings is 1. The Balaban J connectivity index is 2.65. The Morgan fingerprint density at radius 3 is 2.00 bits per heavy atom. The van der Waals surface area contributed by atoms with Gasteiger partial charge in [-0.3, -0.25) is 9.59 Å². The van der Waals surface area contributed by atoms with Crippen LogP contribution in [0.15, 0.2) is 24.3 Å². The minimum atomic E-state index is -0.462. The Bertz CT molecular complexity index is 540. The molecule has 0 aliphatic rings. The minimum Gasteiger partial charge on any atom is -0.326 e. The molecule has 0 aromatic heterocycles. The molecule has 3 N–H and O–H groups in total. The quantitative estimate of drug-likeness (QED) is 0.801. The molecule has 0 bridgehead atoms. The molecule has 0 spiro atoms. The van der Waals surface area contributed by atoms with Crippen LogP contribution in [0.4, 0.5) is 11.4 Å². The second-order valence-corrected chi connectivity index (χ2v) is 7.44. The van der Waals surface area contributed by atoms with Crippen LogP contribution in [0.3, 0.4) is 0 Å². The van der Waals surface area contributed by atoms with Crippen molar-refractivity contribution < 1.29 is 9.59 Å². The van der Waals surface area contributed by atoms with E-state index in [4.69, 9.17) is 0 Å². The maximum atomic E-state index is 12.0. The molecule has 0 aliphatic carbocycles. The first kappa shape index (κ1) is 18.2. The highest BCUT2D eigenvalue weighted by Gasteiger charge is 2.21. The molecule has 0 radical (unpaired) electrons. The van der Waals surface area contributed by atoms with Gasteiger partial charge in [-0.05, 0) is 39.0 Å². The highest BCUT2D eigenvalue weighted by atomic mass is 16.2. The summed E-state index contributed by atoms with van der Waals surface area (Å²) in [6, 6.07) is 7.14. The van der Waals surface area contributed by atoms with Crippen LogP contribution in [-0.4, -0.2) is 23.9 Å². The third-order valence-electron chi connectivity index (χ3n) is 2.86. The van der Waals surface area contributed by atoms with Gasteiger partial charge in [-0.15, -0.1) is 0 Å². The maximum Gasteiger partial charge on any atom is 0.238 e. The van der Waals surface area contributed by atoms with Gasteiger partial charge in [0.15, 0.2) is 0 Å². The van der Waals surface area contributed by atoms with Gasteiger partial charge in [-0.1, -0.05) is 26.8 Å². The van der Waals surface area contributed by atoms with Gasteiger partial charge in [0, 0.05) is 22.3 Å². The van der Waals surface area contributed by atoms with E-state index >= 15 is 0 Å². The molecule has 2 amide bonds. The zero-order valence-corrected chi connectivity index (χ0v) is 14.3. The van der Waals surface area contributed by atoms with E-state index < -0.39 is 5.41 Å². The standard InChI is InChI=1S/C17H27N3O2/c1-16(2,3)15(22)20-13-9-7-8-12(10-13)19-14(21)11-18-17(4,5)6/h7-10,18H,11H2,1-6H3,(H,19,21)(H,20,22). The molecule has 0 saturated heterocycles. The lowest BCUT2D eigenvalue weighted by atomic mass is 9.95. The van der Waals surface area contributed by atoms with Crippen LogP contribution in [0.2, 0.25) is 0 Å². The van der Waals surface area contributed by atoms with Crippen LogP contribution >= 0.6 is 0 Å². The third-order valence-corrected chi connectivity index (χ3v) is 2.86. The number of rotatable bonds is 4. The SMILES string of the molecule is CC(C)(C)NCC(=O)Nc1cccc(NC(=O)C(C)(C)C)c1. The summed E-state index contributed by atoms with van der Waals surface area (Å²) < 4.78 is 0. The Labute approximate surface area is 132 Å². The summed E-state index contributed by atoms with van der Waals surface area (Å²) in [5.74, 6) is -0.181. The summed E-state index contributed by atoms with van der Waals surface area (Å²) >= 11 is 0. The molecule has 122 valence electrons. The molecule has 1 rings (SSSR count). The molecule has 1 aromatic carbocycles. The topological polar surface area (TPSA) is 70.2 Å². The molecule has 0 atom stereocenters. The van der Waals surface area contributed by atoms with Gasteiger partial charge in [0.2, 0.25) is 11.8 Å². The number of carbonyl (C=O) groups is 2. The predicted octanol–water partition coefficient (Wildman–Crippen LogP) is 3.00. The van der Waals surface area contributed by atoms with Crippen molar-refractivity contribution in [3.63, 3.8) is 0 Å². The summed E-state index contributed by atoms with van der Waals surface area (Å²) in [4.78, 5) is 23.9. The van der Waals surface area contributed by atoms with Crippen molar-refractivity contribution in [2.24, 2.45) is 5.41 Å². The van der Waals surface area contributed by atoms with E-state index in [1.165, 1.54) is 0 Å². The van der Waals surface area contributed by atoms with E-state index in [1.54, 1.807) is 24.3 Å². The molecule has 0 aliphatic heterocycles. The van der Waals surface area contributed by atoms with Gasteiger partial charge in [-0.2, -0.15) is 0 Å². The van der Waals surface area contributed by atoms with Gasteiger partial charge >= 0.3 is 0 Å². The first-order valence-corrected chi connectivity index (χ1v) is 7.44. The summed E-state index contributed by atoms with van der Waals surface area (Å²) in [7, 11) is 0. The summed E-state index contributed by atoms with van der Waals surface area (Å²) in [5, 5.41) is 8.79. The summed E-state index contributed by atoms with van der Waals surface area (Å²) in [6.45, 7) is 11.8. The van der Waals surface area contributed by atoms with E-state index in [-0.39, 0.29) is 23.9 Å². The lowest BCUT2D eigenvalue weighted by Gasteiger charge is -2.20. The largest absolute Gasteiger partial charge is 0.326 e. The van der Waals surface area contributed by atoms with E-state index in [0.29, 0.717) is 11.4 Å². The highest BCUT2D eigenvalue weighted by molar-refractivity contribution is 5.96. The van der Waals surface area contributed by atoms with Gasteiger partial charge in [0.05, 0.1) is 6.54 Å². The average molecular weight is 305 g/mol. The number of anilines is 2. The Kier molecular flexibility index (Phi) is 5.72.